The van der Waals surface area contributed by atoms with Crippen LogP contribution in [0, 0.1) is 50.7 Å². The summed E-state index contributed by atoms with van der Waals surface area (Å²) in [5.74, 6) is 1.48. The number of carbonyl (C=O) groups is 1. The van der Waals surface area contributed by atoms with Crippen molar-refractivity contribution in [2.24, 2.45) is 50.7 Å². The van der Waals surface area contributed by atoms with E-state index >= 15 is 0 Å². The van der Waals surface area contributed by atoms with E-state index in [0.717, 1.165) is 45.1 Å². The fourth-order valence-electron chi connectivity index (χ4n) is 14.3. The second-order valence-electron chi connectivity index (χ2n) is 19.4. The Morgan fingerprint density at radius 3 is 2.40 bits per heavy atom. The van der Waals surface area contributed by atoms with E-state index in [2.05, 4.69) is 53.4 Å². The summed E-state index contributed by atoms with van der Waals surface area (Å²) < 4.78 is 25.3. The zero-order chi connectivity index (χ0) is 34.8. The highest BCUT2D eigenvalue weighted by Gasteiger charge is 2.84. The van der Waals surface area contributed by atoms with Crippen LogP contribution in [-0.2, 0) is 23.7 Å². The zero-order valence-electron chi connectivity index (χ0n) is 31.7. The molecule has 2 N–H and O–H groups in total. The quantitative estimate of drug-likeness (QED) is 0.318. The number of hydrogen-bond donors (Lipinski definition) is 2. The average Bonchev–Trinajstić information content (AvgIpc) is 3.65. The van der Waals surface area contributed by atoms with Gasteiger partial charge in [0.2, 0.25) is 0 Å². The largest absolute Gasteiger partial charge is 0.461 e. The summed E-state index contributed by atoms with van der Waals surface area (Å²) in [6.45, 7) is 24.3. The molecule has 8 heteroatoms. The molecule has 0 radical (unpaired) electrons. The number of esters is 1. The van der Waals surface area contributed by atoms with Gasteiger partial charge in [-0.2, -0.15) is 0 Å². The lowest BCUT2D eigenvalue weighted by Gasteiger charge is -2.63. The molecular formula is C40H67NO7. The molecule has 7 fully saturated rings. The lowest BCUT2D eigenvalue weighted by atomic mass is 9.41. The van der Waals surface area contributed by atoms with Crippen LogP contribution in [0.4, 0.5) is 0 Å². The molecule has 5 saturated carbocycles. The molecule has 0 amide bonds. The monoisotopic (exact) mass is 673 g/mol. The molecule has 0 bridgehead atoms. The molecule has 14 atom stereocenters. The van der Waals surface area contributed by atoms with Gasteiger partial charge in [0.15, 0.2) is 0 Å². The molecule has 2 aliphatic heterocycles. The smallest absolute Gasteiger partial charge is 0.326 e. The van der Waals surface area contributed by atoms with Crippen LogP contribution < -0.4 is 0 Å². The summed E-state index contributed by atoms with van der Waals surface area (Å²) in [6.07, 6.45) is 7.12. The van der Waals surface area contributed by atoms with Crippen molar-refractivity contribution in [1.29, 1.82) is 0 Å². The molecule has 7 aliphatic rings. The highest BCUT2D eigenvalue weighted by molar-refractivity contribution is 5.76. The standard InChI is InChI=1S/C40H67NO7/c1-11-46-33(36(7,8)44)26-20-24(4)30-31(47-26)32(42)38(10)28-13-12-27-35(5,6)29(48-34(43)25-21-45-19-18-41(25)23(2)3)14-15-39(27)22-40(28,39)17-16-37(30,38)9/h23-33,42,44H,11-22H2,1-10H3/t24-,25+,26-,27+,28+,29+,30+,31+,32+,33+,37-,38-,39?,40+/m1/s1. The molecule has 1 unspecified atom stereocenters. The minimum Gasteiger partial charge on any atom is -0.461 e. The number of aliphatic hydroxyl groups is 2. The first-order chi connectivity index (χ1) is 22.4. The number of aliphatic hydroxyl groups excluding tert-OH is 1. The van der Waals surface area contributed by atoms with E-state index in [9.17, 15) is 15.0 Å². The maximum absolute atomic E-state index is 13.7. The second-order valence-corrected chi connectivity index (χ2v) is 19.4. The Labute approximate surface area is 290 Å². The van der Waals surface area contributed by atoms with Crippen molar-refractivity contribution in [3.05, 3.63) is 0 Å². The summed E-state index contributed by atoms with van der Waals surface area (Å²) in [6, 6.07) is -0.0519. The Morgan fingerprint density at radius 2 is 1.73 bits per heavy atom. The van der Waals surface area contributed by atoms with Gasteiger partial charge >= 0.3 is 5.97 Å². The van der Waals surface area contributed by atoms with Gasteiger partial charge in [-0.15, -0.1) is 0 Å². The predicted octanol–water partition coefficient (Wildman–Crippen LogP) is 6.00. The fraction of sp³-hybridized carbons (Fsp3) is 0.975. The summed E-state index contributed by atoms with van der Waals surface area (Å²) >= 11 is 0. The van der Waals surface area contributed by atoms with Crippen LogP contribution in [0.15, 0.2) is 0 Å². The number of carbonyl (C=O) groups excluding carboxylic acids is 1. The highest BCUT2D eigenvalue weighted by Crippen LogP contribution is 2.89. The van der Waals surface area contributed by atoms with Gasteiger partial charge in [0.25, 0.3) is 0 Å². The third-order valence-corrected chi connectivity index (χ3v) is 16.5. The van der Waals surface area contributed by atoms with Crippen LogP contribution in [0.1, 0.15) is 121 Å². The minimum atomic E-state index is -1.03. The molecule has 274 valence electrons. The van der Waals surface area contributed by atoms with Crippen LogP contribution in [0.5, 0.6) is 0 Å². The summed E-state index contributed by atoms with van der Waals surface area (Å²) in [5.41, 5.74) is -0.910. The van der Waals surface area contributed by atoms with Gasteiger partial charge < -0.3 is 29.2 Å². The third-order valence-electron chi connectivity index (χ3n) is 16.5. The SMILES string of the molecule is CCO[C@@H]([C@H]1C[C@@H](C)[C@H]2[C@H](O1)[C@H](O)[C@@]1(C)[C@@H]3CC[C@H]4C(C)(C)[C@@H](OC(=O)[C@@H]5COCCN5C(C)C)CCC45C[C@@]35CC[C@]21C)C(C)(C)O. The zero-order valence-corrected chi connectivity index (χ0v) is 31.7. The van der Waals surface area contributed by atoms with Gasteiger partial charge in [-0.25, -0.2) is 0 Å². The third kappa shape index (κ3) is 4.70. The fourth-order valence-corrected chi connectivity index (χ4v) is 14.3. The van der Waals surface area contributed by atoms with Crippen LogP contribution in [0.25, 0.3) is 0 Å². The van der Waals surface area contributed by atoms with E-state index in [-0.39, 0.29) is 69.4 Å². The topological polar surface area (TPSA) is 97.7 Å². The van der Waals surface area contributed by atoms with Crippen molar-refractivity contribution in [2.45, 2.75) is 169 Å². The van der Waals surface area contributed by atoms with Gasteiger partial charge in [-0.05, 0) is 126 Å². The first kappa shape index (κ1) is 35.6. The van der Waals surface area contributed by atoms with Gasteiger partial charge in [-0.3, -0.25) is 9.69 Å². The molecule has 2 saturated heterocycles. The second kappa shape index (κ2) is 11.6. The summed E-state index contributed by atoms with van der Waals surface area (Å²) in [4.78, 5) is 15.9. The number of hydrogen-bond acceptors (Lipinski definition) is 8. The van der Waals surface area contributed by atoms with E-state index in [1.54, 1.807) is 0 Å². The van der Waals surface area contributed by atoms with E-state index < -0.39 is 17.8 Å². The lowest BCUT2D eigenvalue weighted by Crippen LogP contribution is -2.60. The maximum atomic E-state index is 13.7. The first-order valence-electron chi connectivity index (χ1n) is 19.6. The van der Waals surface area contributed by atoms with Gasteiger partial charge in [0.1, 0.15) is 18.2 Å². The Bertz CT molecular complexity index is 1250. The van der Waals surface area contributed by atoms with E-state index in [1.165, 1.54) is 12.8 Å². The van der Waals surface area contributed by atoms with Crippen molar-refractivity contribution in [3.8, 4) is 0 Å². The Kier molecular flexibility index (Phi) is 8.62. The number of ether oxygens (including phenoxy) is 4. The van der Waals surface area contributed by atoms with Crippen molar-refractivity contribution in [1.82, 2.24) is 4.90 Å². The first-order valence-corrected chi connectivity index (χ1v) is 19.6. The molecule has 8 nitrogen and oxygen atoms in total. The van der Waals surface area contributed by atoms with Crippen molar-refractivity contribution in [3.63, 3.8) is 0 Å². The van der Waals surface area contributed by atoms with Crippen LogP contribution in [-0.4, -0.2) is 95.7 Å². The maximum Gasteiger partial charge on any atom is 0.326 e. The van der Waals surface area contributed by atoms with E-state index in [0.29, 0.717) is 37.6 Å². The Hall–Kier alpha value is -0.770. The Morgan fingerprint density at radius 1 is 1.04 bits per heavy atom. The van der Waals surface area contributed by atoms with E-state index in [1.807, 2.05) is 20.8 Å². The van der Waals surface area contributed by atoms with Crippen molar-refractivity contribution >= 4 is 5.97 Å². The van der Waals surface area contributed by atoms with Gasteiger partial charge in [0, 0.05) is 30.0 Å². The van der Waals surface area contributed by atoms with Crippen LogP contribution >= 0.6 is 0 Å². The van der Waals surface area contributed by atoms with E-state index in [4.69, 9.17) is 18.9 Å². The molecule has 0 aromatic heterocycles. The van der Waals surface area contributed by atoms with Gasteiger partial charge in [-0.1, -0.05) is 34.6 Å². The van der Waals surface area contributed by atoms with Crippen LogP contribution in [0.3, 0.4) is 0 Å². The molecule has 5 aliphatic carbocycles. The number of fused-ring (bicyclic) bond motifs is 4. The van der Waals surface area contributed by atoms with Crippen LogP contribution in [0.2, 0.25) is 0 Å². The number of morpholine rings is 1. The highest BCUT2D eigenvalue weighted by atomic mass is 16.6. The van der Waals surface area contributed by atoms with Gasteiger partial charge in [0.05, 0.1) is 37.1 Å². The molecule has 0 aromatic carbocycles. The molecule has 0 aromatic rings. The molecule has 2 spiro atoms. The molecule has 2 heterocycles. The molecule has 48 heavy (non-hydrogen) atoms. The van der Waals surface area contributed by atoms with Crippen molar-refractivity contribution in [2.75, 3.05) is 26.4 Å². The molecular weight excluding hydrogens is 606 g/mol. The number of rotatable bonds is 7. The predicted molar refractivity (Wildman–Crippen MR) is 184 cm³/mol. The lowest BCUT2D eigenvalue weighted by molar-refractivity contribution is -0.215. The normalized spacial score (nSPS) is 50.4. The molecule has 7 rings (SSSR count). The minimum absolute atomic E-state index is 0.0174. The number of nitrogens with zero attached hydrogens (tertiary/aromatic N) is 1. The Balaban J connectivity index is 1.13. The summed E-state index contributed by atoms with van der Waals surface area (Å²) in [5, 5.41) is 23.7. The van der Waals surface area contributed by atoms with Crippen molar-refractivity contribution < 1.29 is 34.0 Å². The average molecular weight is 674 g/mol. The summed E-state index contributed by atoms with van der Waals surface area (Å²) in [7, 11) is 0.